The number of rotatable bonds is 6. The Morgan fingerprint density at radius 3 is 2.62 bits per heavy atom. The summed E-state index contributed by atoms with van der Waals surface area (Å²) < 4.78 is 21.1. The summed E-state index contributed by atoms with van der Waals surface area (Å²) in [5, 5.41) is 14.5. The van der Waals surface area contributed by atoms with Gasteiger partial charge in [-0.15, -0.1) is 0 Å². The minimum Gasteiger partial charge on any atom is -0.493 e. The maximum atomic E-state index is 11.5. The Bertz CT molecular complexity index is 1400. The van der Waals surface area contributed by atoms with Gasteiger partial charge in [-0.25, -0.2) is 4.79 Å². The molecule has 0 aliphatic carbocycles. The van der Waals surface area contributed by atoms with Crippen molar-refractivity contribution in [1.82, 2.24) is 4.98 Å². The third kappa shape index (κ3) is 3.68. The van der Waals surface area contributed by atoms with E-state index in [1.165, 1.54) is 19.4 Å². The minimum atomic E-state index is -0.449. The molecule has 2 aromatic carbocycles. The second-order valence-electron chi connectivity index (χ2n) is 6.73. The van der Waals surface area contributed by atoms with Crippen molar-refractivity contribution in [2.75, 3.05) is 26.6 Å². The number of esters is 1. The van der Waals surface area contributed by atoms with Crippen LogP contribution in [0.2, 0.25) is 0 Å². The third-order valence-corrected chi connectivity index (χ3v) is 5.00. The van der Waals surface area contributed by atoms with Crippen LogP contribution >= 0.6 is 0 Å². The van der Waals surface area contributed by atoms with E-state index in [9.17, 15) is 10.1 Å². The maximum Gasteiger partial charge on any atom is 0.330 e. The number of aromatic nitrogens is 1. The molecule has 0 atom stereocenters. The second-order valence-corrected chi connectivity index (χ2v) is 6.73. The fourth-order valence-electron chi connectivity index (χ4n) is 3.43. The largest absolute Gasteiger partial charge is 0.493 e. The van der Waals surface area contributed by atoms with Crippen LogP contribution in [-0.4, -0.2) is 32.3 Å². The first kappa shape index (κ1) is 20.8. The number of ether oxygens (including phenoxy) is 3. The summed E-state index contributed by atoms with van der Waals surface area (Å²) in [6.45, 7) is 0. The predicted octanol–water partition coefficient (Wildman–Crippen LogP) is 4.80. The van der Waals surface area contributed by atoms with Crippen LogP contribution < -0.4 is 14.8 Å². The van der Waals surface area contributed by atoms with Gasteiger partial charge in [0, 0.05) is 29.1 Å². The number of nitriles is 1. The van der Waals surface area contributed by atoms with Gasteiger partial charge >= 0.3 is 5.97 Å². The summed E-state index contributed by atoms with van der Waals surface area (Å²) in [5.41, 5.74) is 3.58. The Morgan fingerprint density at radius 2 is 1.91 bits per heavy atom. The molecule has 1 N–H and O–H groups in total. The Morgan fingerprint density at radius 1 is 1.12 bits per heavy atom. The van der Waals surface area contributed by atoms with Gasteiger partial charge in [-0.2, -0.15) is 5.26 Å². The fourth-order valence-corrected chi connectivity index (χ4v) is 3.43. The maximum absolute atomic E-state index is 11.5. The highest BCUT2D eigenvalue weighted by Crippen LogP contribution is 2.38. The Kier molecular flexibility index (Phi) is 5.64. The van der Waals surface area contributed by atoms with Gasteiger partial charge in [0.15, 0.2) is 17.1 Å². The molecule has 0 unspecified atom stereocenters. The molecule has 0 saturated carbocycles. The van der Waals surface area contributed by atoms with Gasteiger partial charge in [0.2, 0.25) is 0 Å². The van der Waals surface area contributed by atoms with Crippen molar-refractivity contribution in [2.45, 2.75) is 0 Å². The van der Waals surface area contributed by atoms with Crippen LogP contribution in [0.5, 0.6) is 11.5 Å². The van der Waals surface area contributed by atoms with E-state index in [4.69, 9.17) is 13.9 Å². The first-order valence-corrected chi connectivity index (χ1v) is 9.57. The van der Waals surface area contributed by atoms with Crippen molar-refractivity contribution in [3.05, 3.63) is 60.0 Å². The van der Waals surface area contributed by atoms with E-state index in [0.29, 0.717) is 44.9 Å². The molecule has 2 heterocycles. The number of pyridine rings is 1. The lowest BCUT2D eigenvalue weighted by Crippen LogP contribution is -1.99. The third-order valence-electron chi connectivity index (χ3n) is 5.00. The first-order valence-electron chi connectivity index (χ1n) is 9.57. The van der Waals surface area contributed by atoms with Gasteiger partial charge in [-0.1, -0.05) is 6.07 Å². The standard InChI is InChI=1S/C24H19N3O5/c1-29-20-10-17-19(11-21(20)30-2)26-13-15(12-25)23(17)27-18-6-4-14(5-7-22(28)31-3)16-8-9-32-24(16)18/h4-11,13H,1-3H3,(H,26,27). The number of furan rings is 1. The minimum absolute atomic E-state index is 0.360. The van der Waals surface area contributed by atoms with E-state index >= 15 is 0 Å². The lowest BCUT2D eigenvalue weighted by molar-refractivity contribution is -0.134. The zero-order valence-electron chi connectivity index (χ0n) is 17.6. The molecule has 160 valence electrons. The Hall–Kier alpha value is -4.51. The summed E-state index contributed by atoms with van der Waals surface area (Å²) in [4.78, 5) is 15.8. The average Bonchev–Trinajstić information content (AvgIpc) is 3.33. The number of methoxy groups -OCH3 is 3. The molecule has 0 saturated heterocycles. The SMILES string of the molecule is COC(=O)C=Cc1ccc(Nc2c(C#N)cnc3cc(OC)c(OC)cc23)c2occc12. The monoisotopic (exact) mass is 429 g/mol. The van der Waals surface area contributed by atoms with E-state index in [1.54, 1.807) is 44.8 Å². The van der Waals surface area contributed by atoms with Gasteiger partial charge in [0.25, 0.3) is 0 Å². The molecule has 0 amide bonds. The molecule has 8 nitrogen and oxygen atoms in total. The van der Waals surface area contributed by atoms with E-state index in [1.807, 2.05) is 12.1 Å². The average molecular weight is 429 g/mol. The van der Waals surface area contributed by atoms with Gasteiger partial charge in [-0.3, -0.25) is 4.98 Å². The molecule has 0 fully saturated rings. The van der Waals surface area contributed by atoms with Crippen LogP contribution in [0.4, 0.5) is 11.4 Å². The van der Waals surface area contributed by atoms with Crippen LogP contribution in [0, 0.1) is 11.3 Å². The number of anilines is 2. The quantitative estimate of drug-likeness (QED) is 0.344. The highest BCUT2D eigenvalue weighted by Gasteiger charge is 2.16. The van der Waals surface area contributed by atoms with Crippen molar-refractivity contribution in [3.63, 3.8) is 0 Å². The molecule has 0 spiro atoms. The van der Waals surface area contributed by atoms with Crippen molar-refractivity contribution in [1.29, 1.82) is 5.26 Å². The fraction of sp³-hybridized carbons (Fsp3) is 0.125. The van der Waals surface area contributed by atoms with Crippen molar-refractivity contribution in [2.24, 2.45) is 0 Å². The Labute approximate surface area is 183 Å². The molecular formula is C24H19N3O5. The number of nitrogens with one attached hydrogen (secondary N) is 1. The molecule has 4 rings (SSSR count). The lowest BCUT2D eigenvalue weighted by Gasteiger charge is -2.15. The zero-order valence-corrected chi connectivity index (χ0v) is 17.6. The molecule has 0 aliphatic heterocycles. The van der Waals surface area contributed by atoms with E-state index in [2.05, 4.69) is 21.1 Å². The van der Waals surface area contributed by atoms with Crippen molar-refractivity contribution < 1.29 is 23.4 Å². The first-order chi connectivity index (χ1) is 15.6. The molecule has 2 aromatic heterocycles. The van der Waals surface area contributed by atoms with Gasteiger partial charge < -0.3 is 23.9 Å². The van der Waals surface area contributed by atoms with Crippen molar-refractivity contribution in [3.8, 4) is 17.6 Å². The second kappa shape index (κ2) is 8.70. The van der Waals surface area contributed by atoms with Crippen molar-refractivity contribution >= 4 is 45.3 Å². The molecule has 4 aromatic rings. The van der Waals surface area contributed by atoms with Crippen LogP contribution in [0.25, 0.3) is 27.9 Å². The number of carbonyl (C=O) groups is 1. The summed E-state index contributed by atoms with van der Waals surface area (Å²) in [6, 6.07) is 11.2. The molecule has 0 aliphatic rings. The Balaban J connectivity index is 1.85. The van der Waals surface area contributed by atoms with Gasteiger partial charge in [-0.05, 0) is 29.8 Å². The topological polar surface area (TPSA) is 107 Å². The van der Waals surface area contributed by atoms with Gasteiger partial charge in [0.05, 0.1) is 50.0 Å². The molecule has 0 radical (unpaired) electrons. The highest BCUT2D eigenvalue weighted by molar-refractivity contribution is 6.03. The molecule has 0 bridgehead atoms. The van der Waals surface area contributed by atoms with Gasteiger partial charge in [0.1, 0.15) is 6.07 Å². The number of carbonyl (C=O) groups excluding carboxylic acids is 1. The lowest BCUT2D eigenvalue weighted by atomic mass is 10.1. The van der Waals surface area contributed by atoms with E-state index < -0.39 is 5.97 Å². The summed E-state index contributed by atoms with van der Waals surface area (Å²) in [5.74, 6) is 0.611. The predicted molar refractivity (Wildman–Crippen MR) is 120 cm³/mol. The molecule has 8 heteroatoms. The number of fused-ring (bicyclic) bond motifs is 2. The van der Waals surface area contributed by atoms with Crippen LogP contribution in [0.1, 0.15) is 11.1 Å². The molecular weight excluding hydrogens is 410 g/mol. The number of hydrogen-bond acceptors (Lipinski definition) is 8. The smallest absolute Gasteiger partial charge is 0.330 e. The number of nitrogens with zero attached hydrogens (tertiary/aromatic N) is 2. The highest BCUT2D eigenvalue weighted by atomic mass is 16.5. The normalized spacial score (nSPS) is 10.9. The summed E-state index contributed by atoms with van der Waals surface area (Å²) in [7, 11) is 4.42. The van der Waals surface area contributed by atoms with Crippen LogP contribution in [0.3, 0.4) is 0 Å². The number of hydrogen-bond donors (Lipinski definition) is 1. The zero-order chi connectivity index (χ0) is 22.7. The van der Waals surface area contributed by atoms with Crippen LogP contribution in [-0.2, 0) is 9.53 Å². The van der Waals surface area contributed by atoms with E-state index in [0.717, 1.165) is 10.9 Å². The van der Waals surface area contributed by atoms with Crippen LogP contribution in [0.15, 0.2) is 53.3 Å². The van der Waals surface area contributed by atoms with E-state index in [-0.39, 0.29) is 0 Å². The summed E-state index contributed by atoms with van der Waals surface area (Å²) >= 11 is 0. The number of benzene rings is 2. The molecule has 32 heavy (non-hydrogen) atoms. The summed E-state index contributed by atoms with van der Waals surface area (Å²) in [6.07, 6.45) is 6.07.